The Labute approximate surface area is 139 Å². The summed E-state index contributed by atoms with van der Waals surface area (Å²) in [5.74, 6) is 0.657. The van der Waals surface area contributed by atoms with Crippen molar-refractivity contribution in [3.8, 4) is 0 Å². The largest absolute Gasteiger partial charge is 0.377 e. The Morgan fingerprint density at radius 3 is 3.00 bits per heavy atom. The molecule has 4 rings (SSSR count). The molecule has 1 aliphatic rings. The number of imidazole rings is 1. The number of pyridine rings is 1. The van der Waals surface area contributed by atoms with E-state index in [-0.39, 0.29) is 11.9 Å². The molecule has 1 unspecified atom stereocenters. The van der Waals surface area contributed by atoms with Crippen molar-refractivity contribution in [1.29, 1.82) is 0 Å². The van der Waals surface area contributed by atoms with Gasteiger partial charge >= 0.3 is 0 Å². The number of nitrogens with one attached hydrogen (secondary N) is 1. The zero-order valence-electron chi connectivity index (χ0n) is 13.4. The van der Waals surface area contributed by atoms with Gasteiger partial charge < -0.3 is 14.6 Å². The van der Waals surface area contributed by atoms with Crippen LogP contribution in [-0.2, 0) is 4.74 Å². The molecular formula is C18H18N4O2. The van der Waals surface area contributed by atoms with E-state index in [4.69, 9.17) is 4.74 Å². The van der Waals surface area contributed by atoms with Gasteiger partial charge in [0, 0.05) is 23.8 Å². The number of nitrogens with zero attached hydrogens (tertiary/aromatic N) is 3. The van der Waals surface area contributed by atoms with Gasteiger partial charge in [-0.15, -0.1) is 0 Å². The Balaban J connectivity index is 1.67. The molecule has 0 spiro atoms. The Kier molecular flexibility index (Phi) is 3.74. The van der Waals surface area contributed by atoms with Crippen molar-refractivity contribution in [2.45, 2.75) is 13.0 Å². The molecule has 122 valence electrons. The first-order chi connectivity index (χ1) is 11.7. The quantitative estimate of drug-likeness (QED) is 0.787. The number of hydrogen-bond donors (Lipinski definition) is 1. The van der Waals surface area contributed by atoms with E-state index in [1.807, 2.05) is 37.3 Å². The fourth-order valence-corrected chi connectivity index (χ4v) is 3.01. The molecule has 2 aromatic heterocycles. The molecule has 6 nitrogen and oxygen atoms in total. The lowest BCUT2D eigenvalue weighted by Crippen LogP contribution is -2.44. The van der Waals surface area contributed by atoms with Crippen LogP contribution in [0.5, 0.6) is 0 Å². The van der Waals surface area contributed by atoms with Gasteiger partial charge in [0.05, 0.1) is 18.7 Å². The molecule has 6 heteroatoms. The van der Waals surface area contributed by atoms with Gasteiger partial charge in [-0.05, 0) is 19.1 Å². The lowest BCUT2D eigenvalue weighted by molar-refractivity contribution is -0.00529. The second kappa shape index (κ2) is 6.05. The first kappa shape index (κ1) is 14.8. The lowest BCUT2D eigenvalue weighted by atomic mass is 10.1. The van der Waals surface area contributed by atoms with Crippen LogP contribution in [0.1, 0.15) is 28.0 Å². The third kappa shape index (κ3) is 2.65. The number of ether oxygens (including phenoxy) is 1. The van der Waals surface area contributed by atoms with Crippen LogP contribution in [0.3, 0.4) is 0 Å². The first-order valence-corrected chi connectivity index (χ1v) is 7.98. The number of morpholine rings is 1. The third-order valence-electron chi connectivity index (χ3n) is 4.25. The van der Waals surface area contributed by atoms with E-state index >= 15 is 0 Å². The Hall–Kier alpha value is -2.73. The minimum absolute atomic E-state index is 0.0943. The van der Waals surface area contributed by atoms with E-state index in [1.165, 1.54) is 0 Å². The zero-order valence-corrected chi connectivity index (χ0v) is 13.4. The molecule has 1 saturated heterocycles. The number of aromatic amines is 1. The van der Waals surface area contributed by atoms with Crippen molar-refractivity contribution in [2.24, 2.45) is 0 Å². The first-order valence-electron chi connectivity index (χ1n) is 7.98. The van der Waals surface area contributed by atoms with Gasteiger partial charge in [-0.3, -0.25) is 4.79 Å². The topological polar surface area (TPSA) is 71.1 Å². The van der Waals surface area contributed by atoms with Crippen LogP contribution < -0.4 is 0 Å². The fourth-order valence-electron chi connectivity index (χ4n) is 3.01. The molecule has 1 fully saturated rings. The number of aromatic nitrogens is 3. The maximum atomic E-state index is 13.0. The summed E-state index contributed by atoms with van der Waals surface area (Å²) in [6.45, 7) is 3.43. The zero-order chi connectivity index (χ0) is 16.5. The molecule has 0 saturated carbocycles. The van der Waals surface area contributed by atoms with Gasteiger partial charge in [0.15, 0.2) is 0 Å². The van der Waals surface area contributed by atoms with Gasteiger partial charge in [-0.1, -0.05) is 24.3 Å². The maximum Gasteiger partial charge on any atom is 0.273 e. The summed E-state index contributed by atoms with van der Waals surface area (Å²) in [6, 6.07) is 11.3. The molecule has 1 amide bonds. The van der Waals surface area contributed by atoms with Gasteiger partial charge in [0.1, 0.15) is 17.6 Å². The number of aryl methyl sites for hydroxylation is 1. The lowest BCUT2D eigenvalue weighted by Gasteiger charge is -2.34. The third-order valence-corrected chi connectivity index (χ3v) is 4.25. The average Bonchev–Trinajstić information content (AvgIpc) is 3.07. The van der Waals surface area contributed by atoms with Crippen LogP contribution in [0.4, 0.5) is 0 Å². The second-order valence-corrected chi connectivity index (χ2v) is 5.93. The molecule has 3 heterocycles. The predicted molar refractivity (Wildman–Crippen MR) is 89.7 cm³/mol. The van der Waals surface area contributed by atoms with Gasteiger partial charge in [0.25, 0.3) is 5.91 Å². The maximum absolute atomic E-state index is 13.0. The second-order valence-electron chi connectivity index (χ2n) is 5.93. The Morgan fingerprint density at radius 1 is 1.29 bits per heavy atom. The van der Waals surface area contributed by atoms with Crippen molar-refractivity contribution in [3.63, 3.8) is 0 Å². The van der Waals surface area contributed by atoms with Crippen LogP contribution in [0.2, 0.25) is 0 Å². The van der Waals surface area contributed by atoms with Gasteiger partial charge in [0.2, 0.25) is 0 Å². The van der Waals surface area contributed by atoms with Crippen molar-refractivity contribution >= 4 is 16.8 Å². The number of carbonyl (C=O) groups excluding carboxylic acids is 1. The average molecular weight is 322 g/mol. The summed E-state index contributed by atoms with van der Waals surface area (Å²) in [5, 5.41) is 1.02. The van der Waals surface area contributed by atoms with Crippen LogP contribution in [0.15, 0.2) is 42.6 Å². The van der Waals surface area contributed by atoms with E-state index in [0.29, 0.717) is 25.5 Å². The van der Waals surface area contributed by atoms with Gasteiger partial charge in [-0.2, -0.15) is 0 Å². The summed E-state index contributed by atoms with van der Waals surface area (Å²) in [6.07, 6.45) is 1.76. The summed E-state index contributed by atoms with van der Waals surface area (Å²) in [5.41, 5.74) is 2.23. The number of H-pyrrole nitrogens is 1. The van der Waals surface area contributed by atoms with Crippen molar-refractivity contribution in [1.82, 2.24) is 19.9 Å². The standard InChI is InChI=1S/C18H18N4O2/c1-12-10-19-17(20-12)16-11-24-9-8-22(16)18(23)15-7-6-13-4-2-3-5-14(13)21-15/h2-7,10,16H,8-9,11H2,1H3,(H,19,20). The molecule has 24 heavy (non-hydrogen) atoms. The molecule has 0 radical (unpaired) electrons. The normalized spacial score (nSPS) is 18.0. The van der Waals surface area contributed by atoms with E-state index in [0.717, 1.165) is 22.4 Å². The van der Waals surface area contributed by atoms with Crippen LogP contribution >= 0.6 is 0 Å². The summed E-state index contributed by atoms with van der Waals surface area (Å²) >= 11 is 0. The Morgan fingerprint density at radius 2 is 2.17 bits per heavy atom. The summed E-state index contributed by atoms with van der Waals surface area (Å²) in [7, 11) is 0. The molecule has 3 aromatic rings. The van der Waals surface area contributed by atoms with E-state index < -0.39 is 0 Å². The minimum atomic E-state index is -0.215. The number of hydrogen-bond acceptors (Lipinski definition) is 4. The molecule has 1 atom stereocenters. The number of para-hydroxylation sites is 1. The van der Waals surface area contributed by atoms with Crippen molar-refractivity contribution < 1.29 is 9.53 Å². The summed E-state index contributed by atoms with van der Waals surface area (Å²) in [4.78, 5) is 26.9. The number of rotatable bonds is 2. The highest BCUT2D eigenvalue weighted by Crippen LogP contribution is 2.24. The monoisotopic (exact) mass is 322 g/mol. The van der Waals surface area contributed by atoms with E-state index in [9.17, 15) is 4.79 Å². The van der Waals surface area contributed by atoms with E-state index in [1.54, 1.807) is 17.2 Å². The SMILES string of the molecule is Cc1cnc(C2COCCN2C(=O)c2ccc3ccccc3n2)[nH]1. The smallest absolute Gasteiger partial charge is 0.273 e. The molecule has 1 N–H and O–H groups in total. The van der Waals surface area contributed by atoms with Crippen molar-refractivity contribution in [3.05, 3.63) is 59.8 Å². The van der Waals surface area contributed by atoms with Gasteiger partial charge in [-0.25, -0.2) is 9.97 Å². The molecule has 0 aliphatic carbocycles. The number of amides is 1. The fraction of sp³-hybridized carbons (Fsp3) is 0.278. The van der Waals surface area contributed by atoms with E-state index in [2.05, 4.69) is 15.0 Å². The molecule has 0 bridgehead atoms. The molecular weight excluding hydrogens is 304 g/mol. The van der Waals surface area contributed by atoms with Crippen molar-refractivity contribution in [2.75, 3.05) is 19.8 Å². The Bertz CT molecular complexity index is 889. The molecule has 1 aromatic carbocycles. The highest BCUT2D eigenvalue weighted by molar-refractivity contribution is 5.95. The predicted octanol–water partition coefficient (Wildman–Crippen LogP) is 2.48. The highest BCUT2D eigenvalue weighted by Gasteiger charge is 2.31. The van der Waals surface area contributed by atoms with Crippen LogP contribution in [0, 0.1) is 6.92 Å². The number of benzene rings is 1. The van der Waals surface area contributed by atoms with Crippen LogP contribution in [-0.4, -0.2) is 45.5 Å². The minimum Gasteiger partial charge on any atom is -0.377 e. The highest BCUT2D eigenvalue weighted by atomic mass is 16.5. The number of fused-ring (bicyclic) bond motifs is 1. The number of carbonyl (C=O) groups is 1. The van der Waals surface area contributed by atoms with Crippen LogP contribution in [0.25, 0.3) is 10.9 Å². The molecule has 1 aliphatic heterocycles. The summed E-state index contributed by atoms with van der Waals surface area (Å²) < 4.78 is 5.56.